The third-order valence-electron chi connectivity index (χ3n) is 8.00. The maximum Gasteiger partial charge on any atom is 0.274 e. The predicted octanol–water partition coefficient (Wildman–Crippen LogP) is 3.30. The lowest BCUT2D eigenvalue weighted by atomic mass is 10.1. The van der Waals surface area contributed by atoms with Gasteiger partial charge in [0.25, 0.3) is 5.91 Å². The summed E-state index contributed by atoms with van der Waals surface area (Å²) in [5.74, 6) is -0.0541. The molecule has 1 aromatic heterocycles. The number of hydrogen-bond acceptors (Lipinski definition) is 4. The number of hydrogen-bond donors (Lipinski definition) is 0. The van der Waals surface area contributed by atoms with E-state index in [1.807, 2.05) is 9.80 Å². The molecule has 3 aliphatic rings. The van der Waals surface area contributed by atoms with Gasteiger partial charge in [-0.05, 0) is 69.6 Å². The van der Waals surface area contributed by atoms with Crippen molar-refractivity contribution >= 4 is 17.5 Å². The number of carbonyl (C=O) groups is 2. The molecule has 3 heterocycles. The zero-order valence-electron chi connectivity index (χ0n) is 20.9. The van der Waals surface area contributed by atoms with Crippen molar-refractivity contribution in [3.05, 3.63) is 46.3 Å². The molecule has 2 aromatic rings. The van der Waals surface area contributed by atoms with E-state index in [-0.39, 0.29) is 18.4 Å². The average molecular weight is 482 g/mol. The van der Waals surface area contributed by atoms with E-state index in [1.165, 1.54) is 16.8 Å². The Labute approximate surface area is 206 Å². The minimum Gasteiger partial charge on any atom is -0.368 e. The largest absolute Gasteiger partial charge is 0.368 e. The molecule has 1 aromatic carbocycles. The molecule has 2 amide bonds. The number of nitrogens with zero attached hydrogens (tertiary/aromatic N) is 5. The van der Waals surface area contributed by atoms with Crippen molar-refractivity contribution in [3.63, 3.8) is 0 Å². The van der Waals surface area contributed by atoms with Gasteiger partial charge in [-0.15, -0.1) is 0 Å². The molecule has 2 saturated heterocycles. The molecule has 5 rings (SSSR count). The van der Waals surface area contributed by atoms with Gasteiger partial charge < -0.3 is 14.7 Å². The van der Waals surface area contributed by atoms with Crippen molar-refractivity contribution in [2.45, 2.75) is 65.1 Å². The van der Waals surface area contributed by atoms with E-state index < -0.39 is 6.17 Å². The zero-order valence-corrected chi connectivity index (χ0v) is 20.9. The van der Waals surface area contributed by atoms with Crippen molar-refractivity contribution < 1.29 is 14.0 Å². The highest BCUT2D eigenvalue weighted by molar-refractivity contribution is 5.94. The second-order valence-corrected chi connectivity index (χ2v) is 10.2. The first-order valence-electron chi connectivity index (χ1n) is 13.0. The van der Waals surface area contributed by atoms with E-state index in [4.69, 9.17) is 0 Å². The smallest absolute Gasteiger partial charge is 0.274 e. The molecular weight excluding hydrogens is 445 g/mol. The minimum absolute atomic E-state index is 0.0112. The number of piperazine rings is 1. The average Bonchev–Trinajstić information content (AvgIpc) is 3.47. The van der Waals surface area contributed by atoms with Crippen LogP contribution < -0.4 is 4.90 Å². The highest BCUT2D eigenvalue weighted by Crippen LogP contribution is 2.28. The number of aromatic nitrogens is 2. The zero-order chi connectivity index (χ0) is 24.5. The number of alkyl halides is 1. The van der Waals surface area contributed by atoms with E-state index in [9.17, 15) is 14.0 Å². The summed E-state index contributed by atoms with van der Waals surface area (Å²) in [5, 5.41) is 4.67. The van der Waals surface area contributed by atoms with Crippen molar-refractivity contribution in [1.82, 2.24) is 19.6 Å². The van der Waals surface area contributed by atoms with Crippen molar-refractivity contribution in [2.24, 2.45) is 0 Å². The Morgan fingerprint density at radius 2 is 1.69 bits per heavy atom. The molecule has 1 unspecified atom stereocenters. The fraction of sp³-hybridized carbons (Fsp3) is 0.593. The fourth-order valence-electron chi connectivity index (χ4n) is 5.69. The van der Waals surface area contributed by atoms with Gasteiger partial charge in [-0.3, -0.25) is 14.3 Å². The summed E-state index contributed by atoms with van der Waals surface area (Å²) < 4.78 is 15.9. The van der Waals surface area contributed by atoms with Gasteiger partial charge in [0.1, 0.15) is 12.7 Å². The van der Waals surface area contributed by atoms with Crippen LogP contribution in [0.1, 0.15) is 58.6 Å². The first kappa shape index (κ1) is 23.8. The molecule has 1 aliphatic carbocycles. The van der Waals surface area contributed by atoms with Crippen LogP contribution in [0.3, 0.4) is 0 Å². The highest BCUT2D eigenvalue weighted by Gasteiger charge is 2.31. The summed E-state index contributed by atoms with van der Waals surface area (Å²) in [4.78, 5) is 32.6. The number of fused-ring (bicyclic) bond motifs is 1. The van der Waals surface area contributed by atoms with E-state index in [0.717, 1.165) is 50.3 Å². The maximum atomic E-state index is 14.2. The Morgan fingerprint density at radius 3 is 2.43 bits per heavy atom. The number of amides is 2. The standard InChI is InChI=1S/C27H36FN5O2/c1-19-6-5-7-23(20(19)2)30-14-16-31(17-15-30)25(34)18-33-24-11-9-21(28)8-10-22(24)26(29-33)27(35)32-12-3-4-13-32/h5-7,21H,3-4,8-18H2,1-2H3. The van der Waals surface area contributed by atoms with Crippen LogP contribution >= 0.6 is 0 Å². The van der Waals surface area contributed by atoms with Gasteiger partial charge in [0.15, 0.2) is 5.69 Å². The fourth-order valence-corrected chi connectivity index (χ4v) is 5.69. The first-order valence-corrected chi connectivity index (χ1v) is 13.0. The molecule has 7 nitrogen and oxygen atoms in total. The van der Waals surface area contributed by atoms with Gasteiger partial charge in [-0.25, -0.2) is 4.39 Å². The van der Waals surface area contributed by atoms with Crippen LogP contribution in [-0.4, -0.2) is 76.8 Å². The maximum absolute atomic E-state index is 14.2. The van der Waals surface area contributed by atoms with Gasteiger partial charge >= 0.3 is 0 Å². The van der Waals surface area contributed by atoms with E-state index in [1.54, 1.807) is 4.68 Å². The Hall–Kier alpha value is -2.90. The molecular formula is C27H36FN5O2. The monoisotopic (exact) mass is 481 g/mol. The van der Waals surface area contributed by atoms with Crippen LogP contribution in [0, 0.1) is 13.8 Å². The molecule has 8 heteroatoms. The molecule has 2 aliphatic heterocycles. The quantitative estimate of drug-likeness (QED) is 0.629. The molecule has 0 radical (unpaired) electrons. The lowest BCUT2D eigenvalue weighted by Crippen LogP contribution is -2.50. The van der Waals surface area contributed by atoms with Crippen LogP contribution in [0.25, 0.3) is 0 Å². The van der Waals surface area contributed by atoms with Gasteiger partial charge in [0.05, 0.1) is 0 Å². The third kappa shape index (κ3) is 4.80. The lowest BCUT2D eigenvalue weighted by molar-refractivity contribution is -0.132. The highest BCUT2D eigenvalue weighted by atomic mass is 19.1. The summed E-state index contributed by atoms with van der Waals surface area (Å²) in [7, 11) is 0. The summed E-state index contributed by atoms with van der Waals surface area (Å²) in [6.07, 6.45) is 2.99. The molecule has 2 fully saturated rings. The van der Waals surface area contributed by atoms with Crippen LogP contribution in [0.5, 0.6) is 0 Å². The first-order chi connectivity index (χ1) is 16.9. The summed E-state index contributed by atoms with van der Waals surface area (Å²) in [6.45, 7) is 8.75. The second-order valence-electron chi connectivity index (χ2n) is 10.2. The molecule has 0 bridgehead atoms. The number of likely N-dealkylation sites (tertiary alicyclic amines) is 1. The number of anilines is 1. The number of rotatable bonds is 4. The van der Waals surface area contributed by atoms with Gasteiger partial charge in [-0.1, -0.05) is 12.1 Å². The van der Waals surface area contributed by atoms with Crippen molar-refractivity contribution in [2.75, 3.05) is 44.2 Å². The Morgan fingerprint density at radius 1 is 0.971 bits per heavy atom. The minimum atomic E-state index is -0.876. The Balaban J connectivity index is 1.30. The van der Waals surface area contributed by atoms with Crippen LogP contribution in [0.2, 0.25) is 0 Å². The number of carbonyl (C=O) groups excluding carboxylic acids is 2. The predicted molar refractivity (Wildman–Crippen MR) is 134 cm³/mol. The third-order valence-corrected chi connectivity index (χ3v) is 8.00. The normalized spacial score (nSPS) is 20.7. The summed E-state index contributed by atoms with van der Waals surface area (Å²) in [5.41, 5.74) is 5.96. The van der Waals surface area contributed by atoms with Crippen LogP contribution in [0.4, 0.5) is 10.1 Å². The van der Waals surface area contributed by atoms with E-state index >= 15 is 0 Å². The topological polar surface area (TPSA) is 61.7 Å². The Kier molecular flexibility index (Phi) is 6.80. The van der Waals surface area contributed by atoms with Crippen molar-refractivity contribution in [1.29, 1.82) is 0 Å². The molecule has 0 N–H and O–H groups in total. The summed E-state index contributed by atoms with van der Waals surface area (Å²) >= 11 is 0. The number of benzene rings is 1. The lowest BCUT2D eigenvalue weighted by Gasteiger charge is -2.37. The van der Waals surface area contributed by atoms with E-state index in [2.05, 4.69) is 42.0 Å². The Bertz CT molecular complexity index is 1100. The number of aryl methyl sites for hydroxylation is 1. The van der Waals surface area contributed by atoms with Gasteiger partial charge in [0, 0.05) is 56.2 Å². The van der Waals surface area contributed by atoms with E-state index in [0.29, 0.717) is 44.5 Å². The van der Waals surface area contributed by atoms with Crippen LogP contribution in [-0.2, 0) is 24.2 Å². The van der Waals surface area contributed by atoms with Gasteiger partial charge in [-0.2, -0.15) is 5.10 Å². The molecule has 35 heavy (non-hydrogen) atoms. The van der Waals surface area contributed by atoms with Gasteiger partial charge in [0.2, 0.25) is 5.91 Å². The number of halogens is 1. The van der Waals surface area contributed by atoms with Crippen LogP contribution in [0.15, 0.2) is 18.2 Å². The molecule has 1 atom stereocenters. The summed E-state index contributed by atoms with van der Waals surface area (Å²) in [6, 6.07) is 6.36. The van der Waals surface area contributed by atoms with Crippen molar-refractivity contribution in [3.8, 4) is 0 Å². The molecule has 188 valence electrons. The molecule has 0 saturated carbocycles. The second kappa shape index (κ2) is 9.99. The SMILES string of the molecule is Cc1cccc(N2CCN(C(=O)Cn3nc(C(=O)N4CCCC4)c4c3CCC(F)CC4)CC2)c1C. The molecule has 0 spiro atoms.